The van der Waals surface area contributed by atoms with Crippen LogP contribution in [0.3, 0.4) is 0 Å². The monoisotopic (exact) mass is 407 g/mol. The Bertz CT molecular complexity index is 1040. The Morgan fingerprint density at radius 1 is 1.00 bits per heavy atom. The molecule has 0 aliphatic heterocycles. The van der Waals surface area contributed by atoms with Gasteiger partial charge in [-0.15, -0.1) is 10.2 Å². The number of halogens is 1. The van der Waals surface area contributed by atoms with E-state index in [1.807, 2.05) is 24.3 Å². The number of amides is 1. The average Bonchev–Trinajstić information content (AvgIpc) is 3.64. The van der Waals surface area contributed by atoms with E-state index in [4.69, 9.17) is 0 Å². The molecule has 2 fully saturated rings. The van der Waals surface area contributed by atoms with Gasteiger partial charge in [0.05, 0.1) is 5.75 Å². The zero-order valence-corrected chi connectivity index (χ0v) is 16.8. The zero-order chi connectivity index (χ0) is 19.8. The van der Waals surface area contributed by atoms with E-state index in [2.05, 4.69) is 15.5 Å². The van der Waals surface area contributed by atoms with Crippen LogP contribution in [-0.4, -0.2) is 27.9 Å². The second-order valence-electron chi connectivity index (χ2n) is 7.96. The molecule has 148 valence electrons. The summed E-state index contributed by atoms with van der Waals surface area (Å²) in [6, 6.07) is 14.5. The number of hydrogen-bond acceptors (Lipinski definition) is 4. The van der Waals surface area contributed by atoms with Crippen LogP contribution >= 0.6 is 11.8 Å². The first-order chi connectivity index (χ1) is 14.2. The molecule has 0 atom stereocenters. The molecule has 2 aromatic carbocycles. The number of carbonyl (C=O) groups excluding carboxylic acids is 1. The molecule has 6 heteroatoms. The van der Waals surface area contributed by atoms with Gasteiger partial charge in [-0.05, 0) is 61.8 Å². The first-order valence-electron chi connectivity index (χ1n) is 10.1. The van der Waals surface area contributed by atoms with E-state index in [0.717, 1.165) is 27.1 Å². The minimum Gasteiger partial charge on any atom is -0.352 e. The molecule has 3 aromatic rings. The highest BCUT2D eigenvalue weighted by atomic mass is 32.2. The largest absolute Gasteiger partial charge is 0.352 e. The molecule has 0 saturated heterocycles. The molecule has 0 spiro atoms. The fourth-order valence-electron chi connectivity index (χ4n) is 3.90. The van der Waals surface area contributed by atoms with Crippen molar-refractivity contribution in [2.75, 3.05) is 5.75 Å². The minimum absolute atomic E-state index is 0.0762. The normalized spacial score (nSPS) is 16.3. The molecule has 4 nitrogen and oxygen atoms in total. The van der Waals surface area contributed by atoms with Crippen LogP contribution in [0.25, 0.3) is 22.0 Å². The Kier molecular flexibility index (Phi) is 4.96. The van der Waals surface area contributed by atoms with Gasteiger partial charge in [-0.3, -0.25) is 4.79 Å². The van der Waals surface area contributed by atoms with Gasteiger partial charge in [0.15, 0.2) is 0 Å². The van der Waals surface area contributed by atoms with Crippen LogP contribution < -0.4 is 5.32 Å². The van der Waals surface area contributed by atoms with Crippen molar-refractivity contribution in [3.05, 3.63) is 54.3 Å². The maximum absolute atomic E-state index is 13.3. The van der Waals surface area contributed by atoms with E-state index in [-0.39, 0.29) is 11.7 Å². The molecule has 1 N–H and O–H groups in total. The SMILES string of the molecule is O=C(CSc1nnc(-c2ccc(F)cc2)c2ccccc12)NC(C1CC1)C1CC1. The van der Waals surface area contributed by atoms with E-state index >= 15 is 0 Å². The summed E-state index contributed by atoms with van der Waals surface area (Å²) in [6.07, 6.45) is 4.98. The topological polar surface area (TPSA) is 54.9 Å². The van der Waals surface area contributed by atoms with E-state index in [1.54, 1.807) is 12.1 Å². The first kappa shape index (κ1) is 18.6. The maximum Gasteiger partial charge on any atom is 0.230 e. The molecule has 2 aliphatic carbocycles. The van der Waals surface area contributed by atoms with Crippen molar-refractivity contribution < 1.29 is 9.18 Å². The lowest BCUT2D eigenvalue weighted by Crippen LogP contribution is -2.39. The van der Waals surface area contributed by atoms with Crippen LogP contribution in [0.15, 0.2) is 53.6 Å². The zero-order valence-electron chi connectivity index (χ0n) is 16.0. The lowest BCUT2D eigenvalue weighted by atomic mass is 10.1. The van der Waals surface area contributed by atoms with Gasteiger partial charge in [-0.25, -0.2) is 4.39 Å². The standard InChI is InChI=1S/C23H22FN3OS/c24-17-11-9-16(10-12-17)22-18-3-1-2-4-19(18)23(27-26-22)29-13-20(28)25-21(14-5-6-14)15-7-8-15/h1-4,9-12,14-15,21H,5-8,13H2,(H,25,28). The van der Waals surface area contributed by atoms with Crippen LogP contribution in [-0.2, 0) is 4.79 Å². The van der Waals surface area contributed by atoms with Crippen LogP contribution in [0.4, 0.5) is 4.39 Å². The highest BCUT2D eigenvalue weighted by Gasteiger charge is 2.42. The molecule has 29 heavy (non-hydrogen) atoms. The Labute approximate surface area is 173 Å². The Morgan fingerprint density at radius 3 is 2.31 bits per heavy atom. The van der Waals surface area contributed by atoms with Crippen molar-refractivity contribution in [2.45, 2.75) is 36.8 Å². The fourth-order valence-corrected chi connectivity index (χ4v) is 4.68. The third-order valence-corrected chi connectivity index (χ3v) is 6.68. The van der Waals surface area contributed by atoms with E-state index < -0.39 is 0 Å². The summed E-state index contributed by atoms with van der Waals surface area (Å²) in [6.45, 7) is 0. The number of rotatable bonds is 7. The summed E-state index contributed by atoms with van der Waals surface area (Å²) >= 11 is 1.42. The molecular formula is C23H22FN3OS. The number of benzene rings is 2. The summed E-state index contributed by atoms with van der Waals surface area (Å²) in [5.41, 5.74) is 1.54. The van der Waals surface area contributed by atoms with Crippen molar-refractivity contribution >= 4 is 28.4 Å². The first-order valence-corrected chi connectivity index (χ1v) is 11.1. The quantitative estimate of drug-likeness (QED) is 0.570. The molecule has 0 radical (unpaired) electrons. The number of carbonyl (C=O) groups is 1. The number of thioether (sulfide) groups is 1. The van der Waals surface area contributed by atoms with Crippen molar-refractivity contribution in [1.29, 1.82) is 0 Å². The highest BCUT2D eigenvalue weighted by molar-refractivity contribution is 8.00. The molecule has 5 rings (SSSR count). The maximum atomic E-state index is 13.3. The van der Waals surface area contributed by atoms with Crippen molar-refractivity contribution in [3.8, 4) is 11.3 Å². The number of nitrogens with one attached hydrogen (secondary N) is 1. The summed E-state index contributed by atoms with van der Waals surface area (Å²) < 4.78 is 13.3. The third-order valence-electron chi connectivity index (χ3n) is 5.70. The number of aromatic nitrogens is 2. The summed E-state index contributed by atoms with van der Waals surface area (Å²) in [5.74, 6) is 1.51. The predicted octanol–water partition coefficient (Wildman–Crippen LogP) is 4.83. The predicted molar refractivity (Wildman–Crippen MR) is 113 cm³/mol. The highest BCUT2D eigenvalue weighted by Crippen LogP contribution is 2.44. The van der Waals surface area contributed by atoms with Gasteiger partial charge in [0.25, 0.3) is 0 Å². The van der Waals surface area contributed by atoms with Crippen LogP contribution in [0.1, 0.15) is 25.7 Å². The number of nitrogens with zero attached hydrogens (tertiary/aromatic N) is 2. The molecule has 0 unspecified atom stereocenters. The van der Waals surface area contributed by atoms with Gasteiger partial charge in [-0.1, -0.05) is 36.0 Å². The number of hydrogen-bond donors (Lipinski definition) is 1. The molecule has 0 bridgehead atoms. The number of fused-ring (bicyclic) bond motifs is 1. The van der Waals surface area contributed by atoms with E-state index in [9.17, 15) is 9.18 Å². The van der Waals surface area contributed by atoms with Crippen LogP contribution in [0.5, 0.6) is 0 Å². The van der Waals surface area contributed by atoms with Gasteiger partial charge in [0, 0.05) is 22.4 Å². The lowest BCUT2D eigenvalue weighted by Gasteiger charge is -2.17. The second kappa shape index (κ2) is 7.75. The molecule has 1 amide bonds. The summed E-state index contributed by atoms with van der Waals surface area (Å²) in [7, 11) is 0. The smallest absolute Gasteiger partial charge is 0.230 e. The summed E-state index contributed by atoms with van der Waals surface area (Å²) in [5, 5.41) is 14.7. The molecule has 2 aliphatic rings. The minimum atomic E-state index is -0.278. The van der Waals surface area contributed by atoms with Crippen molar-refractivity contribution in [1.82, 2.24) is 15.5 Å². The molecule has 1 heterocycles. The van der Waals surface area contributed by atoms with Crippen LogP contribution in [0.2, 0.25) is 0 Å². The fraction of sp³-hybridized carbons (Fsp3) is 0.348. The Morgan fingerprint density at radius 2 is 1.66 bits per heavy atom. The van der Waals surface area contributed by atoms with E-state index in [0.29, 0.717) is 23.6 Å². The lowest BCUT2D eigenvalue weighted by molar-refractivity contribution is -0.119. The summed E-state index contributed by atoms with van der Waals surface area (Å²) in [4.78, 5) is 12.5. The van der Waals surface area contributed by atoms with Gasteiger partial charge in [0.2, 0.25) is 5.91 Å². The molecule has 2 saturated carbocycles. The van der Waals surface area contributed by atoms with Crippen LogP contribution in [0, 0.1) is 17.7 Å². The molecule has 1 aromatic heterocycles. The second-order valence-corrected chi connectivity index (χ2v) is 8.93. The van der Waals surface area contributed by atoms with Gasteiger partial charge in [-0.2, -0.15) is 0 Å². The van der Waals surface area contributed by atoms with Gasteiger partial charge in [0.1, 0.15) is 16.5 Å². The third kappa shape index (κ3) is 4.13. The average molecular weight is 408 g/mol. The van der Waals surface area contributed by atoms with Crippen molar-refractivity contribution in [3.63, 3.8) is 0 Å². The molecular weight excluding hydrogens is 385 g/mol. The van der Waals surface area contributed by atoms with Crippen molar-refractivity contribution in [2.24, 2.45) is 11.8 Å². The Balaban J connectivity index is 1.34. The van der Waals surface area contributed by atoms with Gasteiger partial charge < -0.3 is 5.32 Å². The van der Waals surface area contributed by atoms with Gasteiger partial charge >= 0.3 is 0 Å². The Hall–Kier alpha value is -2.47. The van der Waals surface area contributed by atoms with E-state index in [1.165, 1.54) is 49.6 Å².